The maximum absolute atomic E-state index is 12.5. The predicted molar refractivity (Wildman–Crippen MR) is 119 cm³/mol. The van der Waals surface area contributed by atoms with E-state index in [1.165, 1.54) is 18.2 Å². The predicted octanol–water partition coefficient (Wildman–Crippen LogP) is 4.50. The number of rotatable bonds is 8. The molecule has 2 heterocycles. The normalized spacial score (nSPS) is 13.9. The van der Waals surface area contributed by atoms with Crippen molar-refractivity contribution in [3.05, 3.63) is 93.9 Å². The number of benzene rings is 2. The fraction of sp³-hybridized carbons (Fsp3) is 0.208. The second-order valence-electron chi connectivity index (χ2n) is 7.16. The highest BCUT2D eigenvalue weighted by molar-refractivity contribution is 6.06. The molecule has 1 aliphatic rings. The summed E-state index contributed by atoms with van der Waals surface area (Å²) in [5.41, 5.74) is 1.55. The third-order valence-electron chi connectivity index (χ3n) is 5.04. The topological polar surface area (TPSA) is 95.0 Å². The van der Waals surface area contributed by atoms with Crippen LogP contribution in [0.15, 0.2) is 71.2 Å². The monoisotopic (exact) mass is 434 g/mol. The fourth-order valence-corrected chi connectivity index (χ4v) is 3.35. The van der Waals surface area contributed by atoms with Gasteiger partial charge in [-0.2, -0.15) is 0 Å². The smallest absolute Gasteiger partial charge is 0.310 e. The van der Waals surface area contributed by atoms with Gasteiger partial charge in [0.15, 0.2) is 11.5 Å². The first-order valence-electron chi connectivity index (χ1n) is 10.2. The maximum atomic E-state index is 12.5. The van der Waals surface area contributed by atoms with Gasteiger partial charge in [0.2, 0.25) is 0 Å². The Labute approximate surface area is 184 Å². The van der Waals surface area contributed by atoms with Gasteiger partial charge < -0.3 is 18.8 Å². The Morgan fingerprint density at radius 2 is 1.81 bits per heavy atom. The van der Waals surface area contributed by atoms with E-state index in [1.807, 2.05) is 24.3 Å². The van der Waals surface area contributed by atoms with Gasteiger partial charge in [0.05, 0.1) is 18.1 Å². The first kappa shape index (κ1) is 21.3. The molecular weight excluding hydrogens is 412 g/mol. The quantitative estimate of drug-likeness (QED) is 0.223. The van der Waals surface area contributed by atoms with Crippen molar-refractivity contribution in [2.24, 2.45) is 0 Å². The van der Waals surface area contributed by atoms with Gasteiger partial charge in [0, 0.05) is 30.4 Å². The first-order valence-corrected chi connectivity index (χ1v) is 10.2. The van der Waals surface area contributed by atoms with Gasteiger partial charge in [-0.25, -0.2) is 0 Å². The van der Waals surface area contributed by atoms with Crippen LogP contribution in [-0.2, 0) is 11.3 Å². The summed E-state index contributed by atoms with van der Waals surface area (Å²) in [6.45, 7) is 3.14. The molecule has 32 heavy (non-hydrogen) atoms. The number of ether oxygens (including phenoxy) is 2. The average molecular weight is 434 g/mol. The van der Waals surface area contributed by atoms with E-state index in [2.05, 4.69) is 4.90 Å². The van der Waals surface area contributed by atoms with E-state index < -0.39 is 4.92 Å². The van der Waals surface area contributed by atoms with E-state index >= 15 is 0 Å². The number of nitrogens with zero attached hydrogens (tertiary/aromatic N) is 2. The third kappa shape index (κ3) is 5.22. The van der Waals surface area contributed by atoms with E-state index in [0.717, 1.165) is 18.8 Å². The molecule has 0 aliphatic carbocycles. The lowest BCUT2D eigenvalue weighted by atomic mass is 10.1. The van der Waals surface area contributed by atoms with Gasteiger partial charge in [0.1, 0.15) is 18.1 Å². The van der Waals surface area contributed by atoms with Gasteiger partial charge in [-0.05, 0) is 54.6 Å². The van der Waals surface area contributed by atoms with Gasteiger partial charge in [-0.3, -0.25) is 14.9 Å². The zero-order chi connectivity index (χ0) is 22.3. The molecule has 0 saturated carbocycles. The van der Waals surface area contributed by atoms with Crippen LogP contribution < -0.4 is 9.64 Å². The molecule has 164 valence electrons. The Hall–Kier alpha value is -3.91. The second-order valence-corrected chi connectivity index (χ2v) is 7.16. The minimum atomic E-state index is -0.495. The summed E-state index contributed by atoms with van der Waals surface area (Å²) in [4.78, 5) is 25.3. The Balaban J connectivity index is 1.34. The third-order valence-corrected chi connectivity index (χ3v) is 5.04. The summed E-state index contributed by atoms with van der Waals surface area (Å²) in [5, 5.41) is 11.1. The molecule has 1 fully saturated rings. The van der Waals surface area contributed by atoms with Crippen LogP contribution in [0.4, 0.5) is 11.4 Å². The number of carbonyl (C=O) groups excluding carboxylic acids is 1. The molecule has 0 spiro atoms. The molecule has 3 aromatic rings. The highest BCUT2D eigenvalue weighted by atomic mass is 16.6. The number of nitro benzene ring substituents is 1. The number of hydrogen-bond acceptors (Lipinski definition) is 7. The van der Waals surface area contributed by atoms with Crippen molar-refractivity contribution in [2.75, 3.05) is 31.2 Å². The SMILES string of the molecule is O=C(/C=C/c1ccc(COc2ccccc2[N+](=O)[O-])o1)c1ccc(N2CCOCC2)cc1. The molecule has 8 heteroatoms. The van der Waals surface area contributed by atoms with Crippen LogP contribution in [0, 0.1) is 10.1 Å². The van der Waals surface area contributed by atoms with Crippen molar-refractivity contribution >= 4 is 23.2 Å². The molecule has 1 aromatic heterocycles. The van der Waals surface area contributed by atoms with Gasteiger partial charge in [0.25, 0.3) is 0 Å². The molecule has 0 radical (unpaired) electrons. The molecule has 0 amide bonds. The average Bonchev–Trinajstić information content (AvgIpc) is 3.30. The van der Waals surface area contributed by atoms with Gasteiger partial charge in [-0.15, -0.1) is 0 Å². The van der Waals surface area contributed by atoms with Crippen molar-refractivity contribution in [1.29, 1.82) is 0 Å². The van der Waals surface area contributed by atoms with Crippen LogP contribution in [-0.4, -0.2) is 37.0 Å². The minimum absolute atomic E-state index is 0.0373. The van der Waals surface area contributed by atoms with Crippen LogP contribution in [0.2, 0.25) is 0 Å². The number of anilines is 1. The molecule has 0 atom stereocenters. The Morgan fingerprint density at radius 3 is 2.56 bits per heavy atom. The molecule has 1 saturated heterocycles. The Morgan fingerprint density at radius 1 is 1.06 bits per heavy atom. The van der Waals surface area contributed by atoms with Crippen molar-refractivity contribution in [2.45, 2.75) is 6.61 Å². The van der Waals surface area contributed by atoms with Crippen molar-refractivity contribution in [3.63, 3.8) is 0 Å². The van der Waals surface area contributed by atoms with Crippen LogP contribution in [0.3, 0.4) is 0 Å². The number of hydrogen-bond donors (Lipinski definition) is 0. The molecule has 8 nitrogen and oxygen atoms in total. The zero-order valence-corrected chi connectivity index (χ0v) is 17.3. The van der Waals surface area contributed by atoms with E-state index in [-0.39, 0.29) is 23.8 Å². The van der Waals surface area contributed by atoms with E-state index in [0.29, 0.717) is 30.3 Å². The minimum Gasteiger partial charge on any atom is -0.479 e. The summed E-state index contributed by atoms with van der Waals surface area (Å²) in [6, 6.07) is 17.1. The lowest BCUT2D eigenvalue weighted by molar-refractivity contribution is -0.386. The summed E-state index contributed by atoms with van der Waals surface area (Å²) in [7, 11) is 0. The Kier molecular flexibility index (Phi) is 6.62. The summed E-state index contributed by atoms with van der Waals surface area (Å²) >= 11 is 0. The molecule has 0 unspecified atom stereocenters. The molecule has 1 aliphatic heterocycles. The van der Waals surface area contributed by atoms with Crippen molar-refractivity contribution in [3.8, 4) is 5.75 Å². The summed E-state index contributed by atoms with van der Waals surface area (Å²) in [5.74, 6) is 1.02. The molecule has 0 bridgehead atoms. The highest BCUT2D eigenvalue weighted by Crippen LogP contribution is 2.27. The van der Waals surface area contributed by atoms with Crippen LogP contribution in [0.25, 0.3) is 6.08 Å². The van der Waals surface area contributed by atoms with Crippen LogP contribution >= 0.6 is 0 Å². The number of ketones is 1. The lowest BCUT2D eigenvalue weighted by Gasteiger charge is -2.28. The Bertz CT molecular complexity index is 1110. The number of allylic oxidation sites excluding steroid dienone is 1. The number of nitro groups is 1. The highest BCUT2D eigenvalue weighted by Gasteiger charge is 2.14. The van der Waals surface area contributed by atoms with E-state index in [9.17, 15) is 14.9 Å². The van der Waals surface area contributed by atoms with E-state index in [4.69, 9.17) is 13.9 Å². The van der Waals surface area contributed by atoms with Crippen molar-refractivity contribution in [1.82, 2.24) is 0 Å². The number of carbonyl (C=O) groups is 1. The van der Waals surface area contributed by atoms with Gasteiger partial charge in [-0.1, -0.05) is 12.1 Å². The van der Waals surface area contributed by atoms with Gasteiger partial charge >= 0.3 is 5.69 Å². The molecule has 2 aromatic carbocycles. The lowest BCUT2D eigenvalue weighted by Crippen LogP contribution is -2.36. The largest absolute Gasteiger partial charge is 0.479 e. The van der Waals surface area contributed by atoms with Crippen LogP contribution in [0.5, 0.6) is 5.75 Å². The standard InChI is InChI=1S/C24H22N2O6/c27-23(18-5-7-19(8-6-18)25-13-15-30-16-14-25)12-11-20-9-10-21(32-20)17-31-24-4-2-1-3-22(24)26(28)29/h1-12H,13-17H2/b12-11+. The van der Waals surface area contributed by atoms with Crippen molar-refractivity contribution < 1.29 is 23.6 Å². The number of morpholine rings is 1. The fourth-order valence-electron chi connectivity index (χ4n) is 3.35. The van der Waals surface area contributed by atoms with Crippen LogP contribution in [0.1, 0.15) is 21.9 Å². The number of para-hydroxylation sites is 2. The second kappa shape index (κ2) is 9.93. The van der Waals surface area contributed by atoms with E-state index in [1.54, 1.807) is 30.3 Å². The zero-order valence-electron chi connectivity index (χ0n) is 17.3. The molecular formula is C24H22N2O6. The first-order chi connectivity index (χ1) is 15.6. The molecule has 0 N–H and O–H groups in total. The summed E-state index contributed by atoms with van der Waals surface area (Å²) < 4.78 is 16.5. The number of furan rings is 1. The summed E-state index contributed by atoms with van der Waals surface area (Å²) in [6.07, 6.45) is 3.04. The maximum Gasteiger partial charge on any atom is 0.310 e. The molecule has 4 rings (SSSR count).